The van der Waals surface area contributed by atoms with Crippen LogP contribution in [0.4, 0.5) is 0 Å². The molecule has 0 atom stereocenters. The molecule has 0 saturated carbocycles. The predicted molar refractivity (Wildman–Crippen MR) is 133 cm³/mol. The molecule has 0 aliphatic heterocycles. The lowest BCUT2D eigenvalue weighted by molar-refractivity contribution is -0.121. The summed E-state index contributed by atoms with van der Waals surface area (Å²) in [6.07, 6.45) is 25.2. The van der Waals surface area contributed by atoms with Gasteiger partial charge in [0, 0.05) is 13.0 Å². The summed E-state index contributed by atoms with van der Waals surface area (Å²) in [6, 6.07) is 6.98. The number of carbonyl (C=O) groups excluding carboxylic acids is 1. The van der Waals surface area contributed by atoms with Gasteiger partial charge < -0.3 is 10.4 Å². The number of phenols is 1. The average molecular weight is 432 g/mol. The van der Waals surface area contributed by atoms with Gasteiger partial charge in [-0.25, -0.2) is 0 Å². The third-order valence-corrected chi connectivity index (χ3v) is 6.18. The van der Waals surface area contributed by atoms with Crippen LogP contribution in [0.15, 0.2) is 24.3 Å². The van der Waals surface area contributed by atoms with Crippen molar-refractivity contribution in [2.45, 2.75) is 135 Å². The Hall–Kier alpha value is -1.51. The third kappa shape index (κ3) is 17.8. The number of benzene rings is 1. The fourth-order valence-electron chi connectivity index (χ4n) is 4.09. The molecule has 1 amide bonds. The molecule has 3 heteroatoms. The van der Waals surface area contributed by atoms with Gasteiger partial charge in [-0.3, -0.25) is 4.79 Å². The SMILES string of the molecule is CCCCCCCCCCCCCCCCCCCCC(=O)NCc1ccc(O)cc1. The van der Waals surface area contributed by atoms with Crippen molar-refractivity contribution < 1.29 is 9.90 Å². The van der Waals surface area contributed by atoms with Gasteiger partial charge >= 0.3 is 0 Å². The molecule has 0 bridgehead atoms. The van der Waals surface area contributed by atoms with Crippen LogP contribution in [0.1, 0.15) is 134 Å². The first-order valence-electron chi connectivity index (χ1n) is 13.3. The first-order valence-corrected chi connectivity index (χ1v) is 13.3. The summed E-state index contributed by atoms with van der Waals surface area (Å²) in [7, 11) is 0. The Kier molecular flexibility index (Phi) is 18.1. The van der Waals surface area contributed by atoms with Crippen LogP contribution in [0.2, 0.25) is 0 Å². The average Bonchev–Trinajstić information content (AvgIpc) is 2.78. The van der Waals surface area contributed by atoms with Crippen molar-refractivity contribution in [1.29, 1.82) is 0 Å². The van der Waals surface area contributed by atoms with Gasteiger partial charge in [0.25, 0.3) is 0 Å². The molecule has 0 aromatic heterocycles. The van der Waals surface area contributed by atoms with Crippen molar-refractivity contribution >= 4 is 5.91 Å². The minimum atomic E-state index is 0.129. The molecule has 0 fully saturated rings. The van der Waals surface area contributed by atoms with E-state index in [1.807, 2.05) is 12.1 Å². The molecule has 0 aliphatic rings. The van der Waals surface area contributed by atoms with Crippen LogP contribution in [0.5, 0.6) is 5.75 Å². The second kappa shape index (κ2) is 20.4. The van der Waals surface area contributed by atoms with Crippen LogP contribution < -0.4 is 5.32 Å². The molecule has 0 saturated heterocycles. The van der Waals surface area contributed by atoms with E-state index in [4.69, 9.17) is 0 Å². The summed E-state index contributed by atoms with van der Waals surface area (Å²) in [5.74, 6) is 0.387. The van der Waals surface area contributed by atoms with Crippen molar-refractivity contribution in [2.24, 2.45) is 0 Å². The number of aromatic hydroxyl groups is 1. The second-order valence-electron chi connectivity index (χ2n) is 9.20. The number of phenolic OH excluding ortho intramolecular Hbond substituents is 1. The van der Waals surface area contributed by atoms with Gasteiger partial charge in [0.05, 0.1) is 0 Å². The Bertz CT molecular complexity index is 526. The minimum absolute atomic E-state index is 0.129. The fourth-order valence-corrected chi connectivity index (χ4v) is 4.09. The maximum absolute atomic E-state index is 11.9. The maximum Gasteiger partial charge on any atom is 0.220 e. The molecule has 31 heavy (non-hydrogen) atoms. The topological polar surface area (TPSA) is 49.3 Å². The normalized spacial score (nSPS) is 11.0. The lowest BCUT2D eigenvalue weighted by atomic mass is 10.0. The molecule has 1 aromatic carbocycles. The zero-order valence-electron chi connectivity index (χ0n) is 20.3. The molecule has 3 nitrogen and oxygen atoms in total. The van der Waals surface area contributed by atoms with Gasteiger partial charge in [-0.05, 0) is 24.1 Å². The maximum atomic E-state index is 11.9. The first-order chi connectivity index (χ1) is 15.2. The highest BCUT2D eigenvalue weighted by Crippen LogP contribution is 2.14. The number of rotatable bonds is 21. The van der Waals surface area contributed by atoms with Gasteiger partial charge in [-0.2, -0.15) is 0 Å². The smallest absolute Gasteiger partial charge is 0.220 e. The molecule has 1 aromatic rings. The Balaban J connectivity index is 1.75. The monoisotopic (exact) mass is 431 g/mol. The molecule has 0 unspecified atom stereocenters. The third-order valence-electron chi connectivity index (χ3n) is 6.18. The molecule has 178 valence electrons. The second-order valence-corrected chi connectivity index (χ2v) is 9.20. The van der Waals surface area contributed by atoms with E-state index < -0.39 is 0 Å². The van der Waals surface area contributed by atoms with Crippen LogP contribution >= 0.6 is 0 Å². The first kappa shape index (κ1) is 27.5. The van der Waals surface area contributed by atoms with Crippen LogP contribution in [-0.4, -0.2) is 11.0 Å². The molecule has 0 spiro atoms. The number of amides is 1. The van der Waals surface area contributed by atoms with Gasteiger partial charge in [0.2, 0.25) is 5.91 Å². The number of hydrogen-bond acceptors (Lipinski definition) is 2. The lowest BCUT2D eigenvalue weighted by Gasteiger charge is -2.06. The van der Waals surface area contributed by atoms with E-state index in [1.54, 1.807) is 12.1 Å². The van der Waals surface area contributed by atoms with E-state index in [9.17, 15) is 9.90 Å². The Labute approximate surface area is 192 Å². The van der Waals surface area contributed by atoms with Gasteiger partial charge in [-0.15, -0.1) is 0 Å². The van der Waals surface area contributed by atoms with E-state index in [1.165, 1.54) is 103 Å². The molecule has 2 N–H and O–H groups in total. The van der Waals surface area contributed by atoms with E-state index in [-0.39, 0.29) is 11.7 Å². The Morgan fingerprint density at radius 3 is 1.45 bits per heavy atom. The zero-order valence-corrected chi connectivity index (χ0v) is 20.3. The molecule has 0 heterocycles. The van der Waals surface area contributed by atoms with Crippen molar-refractivity contribution in [3.05, 3.63) is 29.8 Å². The molecule has 0 radical (unpaired) electrons. The van der Waals surface area contributed by atoms with Crippen molar-refractivity contribution in [3.63, 3.8) is 0 Å². The van der Waals surface area contributed by atoms with Crippen LogP contribution in [0, 0.1) is 0 Å². The lowest BCUT2D eigenvalue weighted by Crippen LogP contribution is -2.22. The van der Waals surface area contributed by atoms with Gasteiger partial charge in [0.15, 0.2) is 0 Å². The summed E-state index contributed by atoms with van der Waals surface area (Å²) in [5.41, 5.74) is 1.02. The highest BCUT2D eigenvalue weighted by atomic mass is 16.3. The van der Waals surface area contributed by atoms with E-state index in [0.29, 0.717) is 13.0 Å². The summed E-state index contributed by atoms with van der Waals surface area (Å²) in [4.78, 5) is 11.9. The number of carbonyl (C=O) groups is 1. The highest BCUT2D eigenvalue weighted by Gasteiger charge is 2.02. The predicted octanol–water partition coefficient (Wildman–Crippen LogP) is 8.44. The summed E-state index contributed by atoms with van der Waals surface area (Å²) < 4.78 is 0. The number of nitrogens with one attached hydrogen (secondary N) is 1. The highest BCUT2D eigenvalue weighted by molar-refractivity contribution is 5.75. The molecular weight excluding hydrogens is 382 g/mol. The summed E-state index contributed by atoms with van der Waals surface area (Å²) in [6.45, 7) is 2.82. The van der Waals surface area contributed by atoms with E-state index in [2.05, 4.69) is 12.2 Å². The molecule has 1 rings (SSSR count). The largest absolute Gasteiger partial charge is 0.508 e. The quantitative estimate of drug-likeness (QED) is 0.192. The van der Waals surface area contributed by atoms with Crippen LogP contribution in [-0.2, 0) is 11.3 Å². The standard InChI is InChI=1S/C28H49NO2/c1-2-3-4-5-6-7-8-9-10-11-12-13-14-15-16-17-18-19-20-28(31)29-25-26-21-23-27(30)24-22-26/h21-24,30H,2-20,25H2,1H3,(H,29,31). The van der Waals surface area contributed by atoms with Gasteiger partial charge in [0.1, 0.15) is 5.75 Å². The van der Waals surface area contributed by atoms with Crippen molar-refractivity contribution in [3.8, 4) is 5.75 Å². The molecular formula is C28H49NO2. The Morgan fingerprint density at radius 1 is 0.645 bits per heavy atom. The number of unbranched alkanes of at least 4 members (excludes halogenated alkanes) is 17. The summed E-state index contributed by atoms with van der Waals surface area (Å²) in [5, 5.41) is 12.2. The van der Waals surface area contributed by atoms with Crippen molar-refractivity contribution in [2.75, 3.05) is 0 Å². The zero-order chi connectivity index (χ0) is 22.4. The number of hydrogen-bond donors (Lipinski definition) is 2. The minimum Gasteiger partial charge on any atom is -0.508 e. The molecule has 0 aliphatic carbocycles. The van der Waals surface area contributed by atoms with Crippen molar-refractivity contribution in [1.82, 2.24) is 5.32 Å². The van der Waals surface area contributed by atoms with Crippen LogP contribution in [0.25, 0.3) is 0 Å². The van der Waals surface area contributed by atoms with E-state index >= 15 is 0 Å². The summed E-state index contributed by atoms with van der Waals surface area (Å²) >= 11 is 0. The van der Waals surface area contributed by atoms with Crippen LogP contribution in [0.3, 0.4) is 0 Å². The van der Waals surface area contributed by atoms with Gasteiger partial charge in [-0.1, -0.05) is 128 Å². The van der Waals surface area contributed by atoms with E-state index in [0.717, 1.165) is 18.4 Å². The Morgan fingerprint density at radius 2 is 1.03 bits per heavy atom. The fraction of sp³-hybridized carbons (Fsp3) is 0.750.